The lowest BCUT2D eigenvalue weighted by Crippen LogP contribution is -2.40. The van der Waals surface area contributed by atoms with E-state index in [9.17, 15) is 4.79 Å². The number of terminal acetylenes is 1. The number of quaternary nitrogens is 1. The van der Waals surface area contributed by atoms with Crippen molar-refractivity contribution in [2.24, 2.45) is 0 Å². The molecule has 1 rings (SSSR count). The van der Waals surface area contributed by atoms with Gasteiger partial charge in [0.2, 0.25) is 0 Å². The van der Waals surface area contributed by atoms with Crippen molar-refractivity contribution in [1.29, 1.82) is 0 Å². The zero-order chi connectivity index (χ0) is 12.2. The van der Waals surface area contributed by atoms with Crippen molar-refractivity contribution >= 4 is 11.7 Å². The zero-order valence-electron chi connectivity index (χ0n) is 9.86. The summed E-state index contributed by atoms with van der Waals surface area (Å²) in [5, 5.41) is 0. The fourth-order valence-electron chi connectivity index (χ4n) is 1.44. The Hall–Kier alpha value is -1.79. The topological polar surface area (TPSA) is 26.3 Å². The second-order valence-corrected chi connectivity index (χ2v) is 4.09. The lowest BCUT2D eigenvalue weighted by atomic mass is 10.2. The molecule has 0 heterocycles. The van der Waals surface area contributed by atoms with Gasteiger partial charge in [-0.25, -0.2) is 4.79 Å². The van der Waals surface area contributed by atoms with Crippen LogP contribution < -0.4 is 4.48 Å². The Labute approximate surface area is 96.2 Å². The Kier molecular flexibility index (Phi) is 3.70. The largest absolute Gasteiger partial charge is 0.465 e. The molecule has 0 aliphatic rings. The summed E-state index contributed by atoms with van der Waals surface area (Å²) in [6.07, 6.45) is 5.31. The lowest BCUT2D eigenvalue weighted by molar-refractivity contribution is 0.0600. The third kappa shape index (κ3) is 2.62. The van der Waals surface area contributed by atoms with E-state index in [0.717, 1.165) is 5.69 Å². The van der Waals surface area contributed by atoms with Gasteiger partial charge in [-0.1, -0.05) is 0 Å². The summed E-state index contributed by atoms with van der Waals surface area (Å²) in [5.74, 6) is 2.31. The predicted octanol–water partition coefficient (Wildman–Crippen LogP) is 1.67. The average molecular weight is 218 g/mol. The third-order valence-electron chi connectivity index (χ3n) is 2.47. The number of benzene rings is 1. The average Bonchev–Trinajstić information content (AvgIpc) is 2.28. The Balaban J connectivity index is 2.95. The first kappa shape index (κ1) is 12.3. The van der Waals surface area contributed by atoms with Gasteiger partial charge in [-0.05, 0) is 30.2 Å². The fourth-order valence-corrected chi connectivity index (χ4v) is 1.44. The van der Waals surface area contributed by atoms with Crippen LogP contribution in [-0.2, 0) is 4.74 Å². The van der Waals surface area contributed by atoms with Crippen molar-refractivity contribution in [1.82, 2.24) is 4.48 Å². The van der Waals surface area contributed by atoms with Crippen molar-refractivity contribution < 1.29 is 9.53 Å². The maximum absolute atomic E-state index is 11.2. The maximum atomic E-state index is 11.2. The first-order chi connectivity index (χ1) is 7.51. The number of hydrogen-bond acceptors (Lipinski definition) is 2. The van der Waals surface area contributed by atoms with Gasteiger partial charge in [-0.3, -0.25) is 4.48 Å². The van der Waals surface area contributed by atoms with E-state index in [1.54, 1.807) is 12.1 Å². The van der Waals surface area contributed by atoms with Crippen molar-refractivity contribution in [3.05, 3.63) is 29.8 Å². The van der Waals surface area contributed by atoms with Crippen LogP contribution in [-0.4, -0.2) is 33.7 Å². The molecule has 0 amide bonds. The molecule has 0 aromatic heterocycles. The highest BCUT2D eigenvalue weighted by Crippen LogP contribution is 2.19. The molecule has 0 aliphatic carbocycles. The van der Waals surface area contributed by atoms with Gasteiger partial charge in [0.05, 0.1) is 26.8 Å². The molecule has 16 heavy (non-hydrogen) atoms. The molecule has 0 saturated heterocycles. The molecule has 0 saturated carbocycles. The van der Waals surface area contributed by atoms with E-state index in [2.05, 4.69) is 10.7 Å². The molecular weight excluding hydrogens is 202 g/mol. The zero-order valence-corrected chi connectivity index (χ0v) is 9.86. The van der Waals surface area contributed by atoms with Gasteiger partial charge in [0, 0.05) is 0 Å². The Morgan fingerprint density at radius 1 is 1.38 bits per heavy atom. The van der Waals surface area contributed by atoms with Gasteiger partial charge < -0.3 is 4.74 Å². The minimum Gasteiger partial charge on any atom is -0.465 e. The number of methoxy groups -OCH3 is 1. The Bertz CT molecular complexity index is 413. The van der Waals surface area contributed by atoms with Gasteiger partial charge >= 0.3 is 5.97 Å². The molecule has 3 nitrogen and oxygen atoms in total. The Morgan fingerprint density at radius 2 is 1.94 bits per heavy atom. The predicted molar refractivity (Wildman–Crippen MR) is 65.1 cm³/mol. The maximum Gasteiger partial charge on any atom is 0.337 e. The molecular formula is C13H16NO2+. The molecule has 1 aromatic rings. The van der Waals surface area contributed by atoms with Crippen LogP contribution in [0.1, 0.15) is 10.4 Å². The lowest BCUT2D eigenvalue weighted by Gasteiger charge is -2.26. The number of ether oxygens (including phenoxy) is 1. The van der Waals surface area contributed by atoms with Gasteiger partial charge in [-0.15, -0.1) is 6.42 Å². The van der Waals surface area contributed by atoms with Gasteiger partial charge in [0.1, 0.15) is 12.2 Å². The summed E-state index contributed by atoms with van der Waals surface area (Å²) in [4.78, 5) is 11.2. The molecule has 0 bridgehead atoms. The molecule has 84 valence electrons. The van der Waals surface area contributed by atoms with E-state index in [0.29, 0.717) is 16.6 Å². The highest BCUT2D eigenvalue weighted by Gasteiger charge is 2.17. The highest BCUT2D eigenvalue weighted by atomic mass is 16.5. The summed E-state index contributed by atoms with van der Waals surface area (Å²) >= 11 is 0. The number of carbonyl (C=O) groups excluding carboxylic acids is 1. The summed E-state index contributed by atoms with van der Waals surface area (Å²) < 4.78 is 5.23. The first-order valence-corrected chi connectivity index (χ1v) is 4.96. The van der Waals surface area contributed by atoms with Crippen LogP contribution in [0.2, 0.25) is 0 Å². The normalized spacial score (nSPS) is 10.6. The summed E-state index contributed by atoms with van der Waals surface area (Å²) in [7, 11) is 5.41. The smallest absolute Gasteiger partial charge is 0.337 e. The third-order valence-corrected chi connectivity index (χ3v) is 2.47. The number of nitrogens with zero attached hydrogens (tertiary/aromatic N) is 1. The van der Waals surface area contributed by atoms with Crippen molar-refractivity contribution in [3.8, 4) is 12.3 Å². The summed E-state index contributed by atoms with van der Waals surface area (Å²) in [5.41, 5.74) is 1.61. The molecule has 1 aromatic carbocycles. The van der Waals surface area contributed by atoms with Crippen LogP contribution in [0.3, 0.4) is 0 Å². The van der Waals surface area contributed by atoms with E-state index in [4.69, 9.17) is 6.42 Å². The van der Waals surface area contributed by atoms with Crippen LogP contribution >= 0.6 is 0 Å². The van der Waals surface area contributed by atoms with Gasteiger partial charge in [-0.2, -0.15) is 0 Å². The van der Waals surface area contributed by atoms with Crippen LogP contribution in [0.5, 0.6) is 0 Å². The molecule has 0 spiro atoms. The van der Waals surface area contributed by atoms with E-state index in [1.165, 1.54) is 7.11 Å². The second-order valence-electron chi connectivity index (χ2n) is 4.09. The summed E-state index contributed by atoms with van der Waals surface area (Å²) in [6.45, 7) is 0.609. The van der Waals surface area contributed by atoms with Gasteiger partial charge in [0.15, 0.2) is 0 Å². The number of esters is 1. The molecule has 0 radical (unpaired) electrons. The van der Waals surface area contributed by atoms with E-state index in [1.807, 2.05) is 26.2 Å². The van der Waals surface area contributed by atoms with Crippen LogP contribution in [0.4, 0.5) is 5.69 Å². The Morgan fingerprint density at radius 3 is 2.38 bits per heavy atom. The van der Waals surface area contributed by atoms with E-state index < -0.39 is 0 Å². The minimum atomic E-state index is -0.325. The van der Waals surface area contributed by atoms with Crippen LogP contribution in [0.15, 0.2) is 24.3 Å². The molecule has 0 unspecified atom stereocenters. The highest BCUT2D eigenvalue weighted by molar-refractivity contribution is 5.89. The van der Waals surface area contributed by atoms with Crippen molar-refractivity contribution in [2.75, 3.05) is 27.7 Å². The van der Waals surface area contributed by atoms with E-state index in [-0.39, 0.29) is 5.97 Å². The standard InChI is InChI=1S/C13H16NO2/c1-5-10-14(2,3)12-8-6-11(7-9-12)13(15)16-4/h1,6-9H,10H2,2-4H3/q+1. The summed E-state index contributed by atoms with van der Waals surface area (Å²) in [6, 6.07) is 7.28. The van der Waals surface area contributed by atoms with Crippen LogP contribution in [0, 0.1) is 12.3 Å². The van der Waals surface area contributed by atoms with Crippen molar-refractivity contribution in [3.63, 3.8) is 0 Å². The number of rotatable bonds is 3. The quantitative estimate of drug-likeness (QED) is 0.438. The van der Waals surface area contributed by atoms with Crippen LogP contribution in [0.25, 0.3) is 0 Å². The van der Waals surface area contributed by atoms with Gasteiger partial charge in [0.25, 0.3) is 0 Å². The van der Waals surface area contributed by atoms with Crippen molar-refractivity contribution in [2.45, 2.75) is 0 Å². The molecule has 0 atom stereocenters. The second kappa shape index (κ2) is 4.82. The molecule has 3 heteroatoms. The van der Waals surface area contributed by atoms with E-state index >= 15 is 0 Å². The monoisotopic (exact) mass is 218 g/mol. The SMILES string of the molecule is C#CC[N+](C)(C)c1ccc(C(=O)OC)cc1. The molecule has 0 N–H and O–H groups in total. The first-order valence-electron chi connectivity index (χ1n) is 4.96. The molecule has 0 fully saturated rings. The fraction of sp³-hybridized carbons (Fsp3) is 0.308. The minimum absolute atomic E-state index is 0.325. The molecule has 0 aliphatic heterocycles. The number of carbonyl (C=O) groups is 1. The number of hydrogen-bond donors (Lipinski definition) is 0.